The minimum absolute atomic E-state index is 0.498. The summed E-state index contributed by atoms with van der Waals surface area (Å²) in [6.45, 7) is 0. The Balaban J connectivity index is 2.25. The van der Waals surface area contributed by atoms with Crippen LogP contribution in [0.15, 0.2) is 0 Å². The molecule has 0 saturated carbocycles. The Morgan fingerprint density at radius 2 is 2.29 bits per heavy atom. The Bertz CT molecular complexity index is 74.2. The zero-order valence-corrected chi connectivity index (χ0v) is 6.20. The van der Waals surface area contributed by atoms with Crippen molar-refractivity contribution in [1.82, 2.24) is 0 Å². The highest BCUT2D eigenvalue weighted by atomic mass is 33.1. The maximum atomic E-state index is 10.5. The predicted molar refractivity (Wildman–Crippen MR) is 37.9 cm³/mol. The van der Waals surface area contributed by atoms with Gasteiger partial charge in [-0.15, -0.1) is 0 Å². The second-order valence-electron chi connectivity index (χ2n) is 1.20. The first kappa shape index (κ1) is 5.98. The molecule has 0 aromatic carbocycles. The minimum atomic E-state index is -0.498. The van der Waals surface area contributed by atoms with Gasteiger partial charge in [-0.25, -0.2) is 0 Å². The third-order valence-electron chi connectivity index (χ3n) is 0.657. The standard InChI is InChI=1S/C3H6OS3/c4-7-2-1-5-6-3-7/h1-3H2/t7-/m1/s1. The maximum absolute atomic E-state index is 10.5. The van der Waals surface area contributed by atoms with E-state index in [1.165, 1.54) is 0 Å². The Morgan fingerprint density at radius 3 is 2.57 bits per heavy atom. The molecule has 0 radical (unpaired) electrons. The molecule has 42 valence electrons. The van der Waals surface area contributed by atoms with Gasteiger partial charge >= 0.3 is 0 Å². The summed E-state index contributed by atoms with van der Waals surface area (Å²) in [4.78, 5) is 0. The summed E-state index contributed by atoms with van der Waals surface area (Å²) in [5.74, 6) is 1.97. The van der Waals surface area contributed by atoms with Gasteiger partial charge in [0.25, 0.3) is 0 Å². The van der Waals surface area contributed by atoms with Gasteiger partial charge in [-0.3, -0.25) is 4.21 Å². The summed E-state index contributed by atoms with van der Waals surface area (Å²) < 4.78 is 10.5. The zero-order valence-electron chi connectivity index (χ0n) is 3.75. The van der Waals surface area contributed by atoms with Gasteiger partial charge in [0.2, 0.25) is 0 Å². The van der Waals surface area contributed by atoms with Crippen LogP contribution in [0.25, 0.3) is 0 Å². The highest BCUT2D eigenvalue weighted by molar-refractivity contribution is 8.78. The first-order valence-electron chi connectivity index (χ1n) is 1.99. The molecule has 1 rings (SSSR count). The molecule has 0 aliphatic carbocycles. The van der Waals surface area contributed by atoms with Crippen LogP contribution in [0.4, 0.5) is 0 Å². The number of hydrogen-bond acceptors (Lipinski definition) is 3. The van der Waals surface area contributed by atoms with Crippen molar-refractivity contribution in [2.24, 2.45) is 0 Å². The highest BCUT2D eigenvalue weighted by Crippen LogP contribution is 2.26. The van der Waals surface area contributed by atoms with Gasteiger partial charge in [0.15, 0.2) is 0 Å². The summed E-state index contributed by atoms with van der Waals surface area (Å²) >= 11 is 0. The summed E-state index contributed by atoms with van der Waals surface area (Å²) in [7, 11) is 3.04. The molecule has 1 nitrogen and oxygen atoms in total. The van der Waals surface area contributed by atoms with Gasteiger partial charge in [-0.05, 0) is 0 Å². The van der Waals surface area contributed by atoms with Gasteiger partial charge in [-0.2, -0.15) is 0 Å². The van der Waals surface area contributed by atoms with Crippen LogP contribution in [0.2, 0.25) is 0 Å². The van der Waals surface area contributed by atoms with Gasteiger partial charge in [0, 0.05) is 22.3 Å². The SMILES string of the molecule is O=[S@@]1CCSSC1. The zero-order chi connectivity index (χ0) is 5.11. The quantitative estimate of drug-likeness (QED) is 0.486. The van der Waals surface area contributed by atoms with E-state index in [0.29, 0.717) is 0 Å². The van der Waals surface area contributed by atoms with Crippen LogP contribution in [0.5, 0.6) is 0 Å². The second-order valence-corrected chi connectivity index (χ2v) is 5.73. The molecule has 1 fully saturated rings. The summed E-state index contributed by atoms with van der Waals surface area (Å²) in [6.07, 6.45) is 0. The van der Waals surface area contributed by atoms with Crippen LogP contribution in [0.3, 0.4) is 0 Å². The highest BCUT2D eigenvalue weighted by Gasteiger charge is 2.05. The molecule has 0 unspecified atom stereocenters. The summed E-state index contributed by atoms with van der Waals surface area (Å²) in [6, 6.07) is 0. The van der Waals surface area contributed by atoms with Crippen LogP contribution in [0.1, 0.15) is 0 Å². The molecule has 1 saturated heterocycles. The Labute approximate surface area is 53.5 Å². The van der Waals surface area contributed by atoms with Crippen molar-refractivity contribution in [3.8, 4) is 0 Å². The largest absolute Gasteiger partial charge is 0.259 e. The first-order chi connectivity index (χ1) is 3.39. The molecule has 0 spiro atoms. The van der Waals surface area contributed by atoms with Crippen molar-refractivity contribution in [2.75, 3.05) is 16.6 Å². The molecule has 0 bridgehead atoms. The van der Waals surface area contributed by atoms with Crippen LogP contribution >= 0.6 is 21.6 Å². The second kappa shape index (κ2) is 2.99. The molecule has 7 heavy (non-hydrogen) atoms. The van der Waals surface area contributed by atoms with E-state index in [-0.39, 0.29) is 0 Å². The van der Waals surface area contributed by atoms with E-state index in [4.69, 9.17) is 0 Å². The molecular formula is C3H6OS3. The van der Waals surface area contributed by atoms with Gasteiger partial charge in [0.05, 0.1) is 5.08 Å². The van der Waals surface area contributed by atoms with Crippen LogP contribution in [-0.2, 0) is 10.8 Å². The molecule has 1 atom stereocenters. The molecule has 0 aromatic rings. The van der Waals surface area contributed by atoms with Crippen molar-refractivity contribution < 1.29 is 4.21 Å². The van der Waals surface area contributed by atoms with E-state index in [9.17, 15) is 4.21 Å². The number of hydrogen-bond donors (Lipinski definition) is 0. The summed E-state index contributed by atoms with van der Waals surface area (Å²) in [5, 5.41) is 0.838. The number of rotatable bonds is 0. The lowest BCUT2D eigenvalue weighted by Gasteiger charge is -2.05. The van der Waals surface area contributed by atoms with Crippen molar-refractivity contribution in [2.45, 2.75) is 0 Å². The molecule has 1 aliphatic heterocycles. The average Bonchev–Trinajstić information content (AvgIpc) is 1.69. The normalized spacial score (nSPS) is 32.9. The van der Waals surface area contributed by atoms with E-state index >= 15 is 0 Å². The predicted octanol–water partition coefficient (Wildman–Crippen LogP) is 1.09. The van der Waals surface area contributed by atoms with Crippen molar-refractivity contribution >= 4 is 32.4 Å². The van der Waals surface area contributed by atoms with E-state index in [0.717, 1.165) is 16.6 Å². The molecular weight excluding hydrogens is 148 g/mol. The Kier molecular flexibility index (Phi) is 2.56. The third-order valence-corrected chi connectivity index (χ3v) is 5.42. The van der Waals surface area contributed by atoms with Crippen LogP contribution < -0.4 is 0 Å². The van der Waals surface area contributed by atoms with E-state index in [1.807, 2.05) is 10.8 Å². The Morgan fingerprint density at radius 1 is 1.43 bits per heavy atom. The lowest BCUT2D eigenvalue weighted by Crippen LogP contribution is -2.05. The molecule has 0 aromatic heterocycles. The molecule has 0 N–H and O–H groups in total. The van der Waals surface area contributed by atoms with Crippen molar-refractivity contribution in [3.63, 3.8) is 0 Å². The lowest BCUT2D eigenvalue weighted by molar-refractivity contribution is 0.687. The monoisotopic (exact) mass is 154 g/mol. The first-order valence-corrected chi connectivity index (χ1v) is 5.96. The average molecular weight is 154 g/mol. The maximum Gasteiger partial charge on any atom is 0.0796 e. The van der Waals surface area contributed by atoms with Crippen LogP contribution in [0, 0.1) is 0 Å². The smallest absolute Gasteiger partial charge is 0.0796 e. The topological polar surface area (TPSA) is 17.1 Å². The van der Waals surface area contributed by atoms with Gasteiger partial charge in [0.1, 0.15) is 0 Å². The minimum Gasteiger partial charge on any atom is -0.259 e. The fourth-order valence-electron chi connectivity index (χ4n) is 0.333. The lowest BCUT2D eigenvalue weighted by atomic mass is 11.0. The Hall–Kier alpha value is 0.850. The molecule has 1 aliphatic rings. The van der Waals surface area contributed by atoms with Crippen LogP contribution in [-0.4, -0.2) is 20.8 Å². The van der Waals surface area contributed by atoms with E-state index < -0.39 is 10.8 Å². The van der Waals surface area contributed by atoms with Crippen molar-refractivity contribution in [3.05, 3.63) is 0 Å². The van der Waals surface area contributed by atoms with Gasteiger partial charge < -0.3 is 0 Å². The fraction of sp³-hybridized carbons (Fsp3) is 1.00. The van der Waals surface area contributed by atoms with Crippen molar-refractivity contribution in [1.29, 1.82) is 0 Å². The van der Waals surface area contributed by atoms with Gasteiger partial charge in [-0.1, -0.05) is 21.6 Å². The molecule has 0 amide bonds. The molecule has 4 heteroatoms. The van der Waals surface area contributed by atoms with E-state index in [2.05, 4.69) is 0 Å². The third kappa shape index (κ3) is 2.06. The molecule has 1 heterocycles. The fourth-order valence-corrected chi connectivity index (χ4v) is 5.18. The van der Waals surface area contributed by atoms with E-state index in [1.54, 1.807) is 10.8 Å². The summed E-state index contributed by atoms with van der Waals surface area (Å²) in [5.41, 5.74) is 0.